The van der Waals surface area contributed by atoms with E-state index in [2.05, 4.69) is 9.47 Å². The van der Waals surface area contributed by atoms with Gasteiger partial charge in [0.2, 0.25) is 0 Å². The number of methoxy groups -OCH3 is 2. The first-order chi connectivity index (χ1) is 5.22. The lowest BCUT2D eigenvalue weighted by atomic mass is 10.2. The average molecular weight is 162 g/mol. The summed E-state index contributed by atoms with van der Waals surface area (Å²) in [6.07, 6.45) is 0. The number of carbonyl (C=O) groups is 1. The zero-order valence-corrected chi connectivity index (χ0v) is 7.12. The Morgan fingerprint density at radius 1 is 1.45 bits per heavy atom. The molecule has 4 nitrogen and oxygen atoms in total. The van der Waals surface area contributed by atoms with Crippen molar-refractivity contribution in [3.63, 3.8) is 0 Å². The number of hydrogen-bond donors (Lipinski definition) is 0. The first-order valence-corrected chi connectivity index (χ1v) is 3.37. The van der Waals surface area contributed by atoms with Crippen molar-refractivity contribution in [1.82, 2.24) is 0 Å². The van der Waals surface area contributed by atoms with E-state index < -0.39 is 0 Å². The molecule has 0 spiro atoms. The van der Waals surface area contributed by atoms with E-state index in [1.807, 2.05) is 0 Å². The van der Waals surface area contributed by atoms with Gasteiger partial charge < -0.3 is 14.2 Å². The van der Waals surface area contributed by atoms with Gasteiger partial charge in [0, 0.05) is 7.11 Å². The third-order valence-corrected chi connectivity index (χ3v) is 1.17. The number of ether oxygens (including phenoxy) is 3. The Morgan fingerprint density at radius 3 is 2.55 bits per heavy atom. The van der Waals surface area contributed by atoms with Crippen LogP contribution in [0.15, 0.2) is 0 Å². The second kappa shape index (κ2) is 6.12. The molecular weight excluding hydrogens is 148 g/mol. The van der Waals surface area contributed by atoms with Crippen LogP contribution >= 0.6 is 0 Å². The van der Waals surface area contributed by atoms with Crippen LogP contribution in [0.4, 0.5) is 0 Å². The van der Waals surface area contributed by atoms with Crippen LogP contribution in [0.5, 0.6) is 0 Å². The summed E-state index contributed by atoms with van der Waals surface area (Å²) >= 11 is 0. The Labute approximate surface area is 66.4 Å². The number of esters is 1. The van der Waals surface area contributed by atoms with Gasteiger partial charge in [-0.3, -0.25) is 4.79 Å². The van der Waals surface area contributed by atoms with Crippen molar-refractivity contribution in [3.05, 3.63) is 0 Å². The molecule has 11 heavy (non-hydrogen) atoms. The van der Waals surface area contributed by atoms with Gasteiger partial charge in [0.15, 0.2) is 0 Å². The topological polar surface area (TPSA) is 44.8 Å². The van der Waals surface area contributed by atoms with Crippen molar-refractivity contribution in [2.45, 2.75) is 6.92 Å². The molecule has 0 aliphatic heterocycles. The molecule has 1 atom stereocenters. The van der Waals surface area contributed by atoms with Crippen LogP contribution in [0.2, 0.25) is 0 Å². The van der Waals surface area contributed by atoms with Gasteiger partial charge in [0.25, 0.3) is 0 Å². The molecule has 0 fully saturated rings. The Bertz CT molecular complexity index is 113. The predicted octanol–water partition coefficient (Wildman–Crippen LogP) is 0.416. The fraction of sp³-hybridized carbons (Fsp3) is 0.857. The van der Waals surface area contributed by atoms with E-state index >= 15 is 0 Å². The maximum absolute atomic E-state index is 10.8. The molecule has 0 radical (unpaired) electrons. The summed E-state index contributed by atoms with van der Waals surface area (Å²) in [5.41, 5.74) is 0. The highest BCUT2D eigenvalue weighted by molar-refractivity contribution is 5.71. The SMILES string of the molecule is COCOC[C@H](C)C(=O)OC. The Balaban J connectivity index is 3.36. The van der Waals surface area contributed by atoms with Crippen LogP contribution in [0.3, 0.4) is 0 Å². The van der Waals surface area contributed by atoms with Gasteiger partial charge >= 0.3 is 5.97 Å². The van der Waals surface area contributed by atoms with Gasteiger partial charge in [0.1, 0.15) is 6.79 Å². The zero-order chi connectivity index (χ0) is 8.69. The second-order valence-electron chi connectivity index (χ2n) is 2.20. The normalized spacial score (nSPS) is 12.6. The summed E-state index contributed by atoms with van der Waals surface area (Å²) in [6, 6.07) is 0. The summed E-state index contributed by atoms with van der Waals surface area (Å²) in [5, 5.41) is 0. The smallest absolute Gasteiger partial charge is 0.310 e. The highest BCUT2D eigenvalue weighted by atomic mass is 16.7. The molecule has 66 valence electrons. The van der Waals surface area contributed by atoms with E-state index in [9.17, 15) is 4.79 Å². The van der Waals surface area contributed by atoms with Crippen LogP contribution in [0.1, 0.15) is 6.92 Å². The lowest BCUT2D eigenvalue weighted by molar-refractivity contribution is -0.148. The maximum Gasteiger partial charge on any atom is 0.310 e. The van der Waals surface area contributed by atoms with E-state index in [4.69, 9.17) is 4.74 Å². The number of carbonyl (C=O) groups excluding carboxylic acids is 1. The Morgan fingerprint density at radius 2 is 2.09 bits per heavy atom. The van der Waals surface area contributed by atoms with E-state index in [0.717, 1.165) is 0 Å². The van der Waals surface area contributed by atoms with Crippen LogP contribution < -0.4 is 0 Å². The largest absolute Gasteiger partial charge is 0.469 e. The first-order valence-electron chi connectivity index (χ1n) is 3.37. The van der Waals surface area contributed by atoms with Gasteiger partial charge in [-0.1, -0.05) is 0 Å². The Hall–Kier alpha value is -0.610. The summed E-state index contributed by atoms with van der Waals surface area (Å²) in [6.45, 7) is 2.28. The molecule has 0 bridgehead atoms. The molecule has 0 heterocycles. The minimum atomic E-state index is -0.263. The fourth-order valence-corrected chi connectivity index (χ4v) is 0.577. The van der Waals surface area contributed by atoms with Gasteiger partial charge in [0.05, 0.1) is 19.6 Å². The first kappa shape index (κ1) is 10.4. The molecule has 4 heteroatoms. The Kier molecular flexibility index (Phi) is 5.78. The van der Waals surface area contributed by atoms with E-state index in [-0.39, 0.29) is 18.7 Å². The number of rotatable bonds is 5. The molecule has 0 aromatic heterocycles. The summed E-state index contributed by atoms with van der Waals surface area (Å²) in [4.78, 5) is 10.8. The molecule has 0 aromatic rings. The van der Waals surface area contributed by atoms with Crippen molar-refractivity contribution < 1.29 is 19.0 Å². The van der Waals surface area contributed by atoms with Crippen molar-refractivity contribution in [2.24, 2.45) is 5.92 Å². The quantitative estimate of drug-likeness (QED) is 0.334. The van der Waals surface area contributed by atoms with Gasteiger partial charge in [-0.25, -0.2) is 0 Å². The maximum atomic E-state index is 10.8. The molecule has 0 amide bonds. The standard InChI is InChI=1S/C7H14O4/c1-6(7(8)10-3)4-11-5-9-2/h6H,4-5H2,1-3H3/t6-/m0/s1. The minimum absolute atomic E-state index is 0.210. The molecule has 0 unspecified atom stereocenters. The molecular formula is C7H14O4. The molecule has 0 aliphatic carbocycles. The van der Waals surface area contributed by atoms with Crippen LogP contribution in [-0.2, 0) is 19.0 Å². The third-order valence-electron chi connectivity index (χ3n) is 1.17. The zero-order valence-electron chi connectivity index (χ0n) is 7.12. The highest BCUT2D eigenvalue weighted by Crippen LogP contribution is 1.97. The predicted molar refractivity (Wildman–Crippen MR) is 39.0 cm³/mol. The molecule has 0 rings (SSSR count). The van der Waals surface area contributed by atoms with Crippen molar-refractivity contribution in [1.29, 1.82) is 0 Å². The van der Waals surface area contributed by atoms with Gasteiger partial charge in [-0.15, -0.1) is 0 Å². The lowest BCUT2D eigenvalue weighted by Crippen LogP contribution is -2.18. The summed E-state index contributed by atoms with van der Waals surface area (Å²) in [5.74, 6) is -0.490. The fourth-order valence-electron chi connectivity index (χ4n) is 0.577. The summed E-state index contributed by atoms with van der Waals surface area (Å²) in [7, 11) is 2.89. The van der Waals surface area contributed by atoms with E-state index in [0.29, 0.717) is 6.61 Å². The van der Waals surface area contributed by atoms with Crippen molar-refractivity contribution >= 4 is 5.97 Å². The summed E-state index contributed by atoms with van der Waals surface area (Å²) < 4.78 is 14.1. The number of hydrogen-bond acceptors (Lipinski definition) is 4. The molecule has 0 saturated heterocycles. The molecule has 0 saturated carbocycles. The van der Waals surface area contributed by atoms with Crippen LogP contribution in [-0.4, -0.2) is 33.6 Å². The molecule has 0 aliphatic rings. The van der Waals surface area contributed by atoms with Crippen molar-refractivity contribution in [2.75, 3.05) is 27.6 Å². The minimum Gasteiger partial charge on any atom is -0.469 e. The van der Waals surface area contributed by atoms with Crippen LogP contribution in [0.25, 0.3) is 0 Å². The van der Waals surface area contributed by atoms with E-state index in [1.165, 1.54) is 14.2 Å². The molecule has 0 aromatic carbocycles. The monoisotopic (exact) mass is 162 g/mol. The third kappa shape index (κ3) is 4.75. The van der Waals surface area contributed by atoms with E-state index in [1.54, 1.807) is 6.92 Å². The second-order valence-corrected chi connectivity index (χ2v) is 2.20. The van der Waals surface area contributed by atoms with Crippen molar-refractivity contribution in [3.8, 4) is 0 Å². The highest BCUT2D eigenvalue weighted by Gasteiger charge is 2.12. The van der Waals surface area contributed by atoms with Gasteiger partial charge in [-0.05, 0) is 6.92 Å². The molecule has 0 N–H and O–H groups in total. The van der Waals surface area contributed by atoms with Crippen LogP contribution in [0, 0.1) is 5.92 Å². The lowest BCUT2D eigenvalue weighted by Gasteiger charge is -2.08. The average Bonchev–Trinajstić information content (AvgIpc) is 2.03. The van der Waals surface area contributed by atoms with Gasteiger partial charge in [-0.2, -0.15) is 0 Å².